The van der Waals surface area contributed by atoms with Crippen LogP contribution in [0.2, 0.25) is 0 Å². The summed E-state index contributed by atoms with van der Waals surface area (Å²) in [7, 11) is 0. The van der Waals surface area contributed by atoms with Crippen LogP contribution in [0.4, 0.5) is 5.69 Å². The topological polar surface area (TPSA) is 99.7 Å². The van der Waals surface area contributed by atoms with E-state index in [0.29, 0.717) is 22.1 Å². The number of fused-ring (bicyclic) bond motifs is 1. The zero-order valence-electron chi connectivity index (χ0n) is 17.9. The van der Waals surface area contributed by atoms with E-state index in [1.165, 1.54) is 24.3 Å². The van der Waals surface area contributed by atoms with Crippen molar-refractivity contribution in [3.8, 4) is 17.1 Å². The normalized spacial score (nSPS) is 11.1. The second-order valence-corrected chi connectivity index (χ2v) is 7.56. The molecule has 4 rings (SSSR count). The molecule has 0 aliphatic heterocycles. The third-order valence-corrected chi connectivity index (χ3v) is 5.01. The Labute approximate surface area is 188 Å². The number of nitro benzene ring substituents is 1. The summed E-state index contributed by atoms with van der Waals surface area (Å²) in [5.74, 6) is -0.881. The number of nitrogens with zero attached hydrogens (tertiary/aromatic N) is 1. The minimum atomic E-state index is -0.811. The van der Waals surface area contributed by atoms with Gasteiger partial charge >= 0.3 is 5.97 Å². The van der Waals surface area contributed by atoms with Crippen LogP contribution in [0.25, 0.3) is 28.4 Å². The molecule has 0 amide bonds. The van der Waals surface area contributed by atoms with Crippen molar-refractivity contribution in [2.45, 2.75) is 13.8 Å². The monoisotopic (exact) mass is 441 g/mol. The van der Waals surface area contributed by atoms with E-state index in [1.54, 1.807) is 30.3 Å². The number of ether oxygens (including phenoxy) is 1. The number of hydrogen-bond donors (Lipinski definition) is 0. The SMILES string of the molecule is Cc1ccc(-c2oc3ccc(C)cc3c(=O)c2OC(=O)/C=C/c2cccc([N+](=O)[O-])c2)cc1. The molecule has 7 heteroatoms. The number of benzene rings is 3. The van der Waals surface area contributed by atoms with E-state index in [1.807, 2.05) is 32.0 Å². The number of rotatable bonds is 5. The summed E-state index contributed by atoms with van der Waals surface area (Å²) >= 11 is 0. The minimum Gasteiger partial charge on any atom is -0.452 e. The van der Waals surface area contributed by atoms with Gasteiger partial charge in [-0.05, 0) is 37.6 Å². The largest absolute Gasteiger partial charge is 0.452 e. The second kappa shape index (κ2) is 8.92. The summed E-state index contributed by atoms with van der Waals surface area (Å²) in [6.07, 6.45) is 2.49. The fourth-order valence-corrected chi connectivity index (χ4v) is 3.32. The Morgan fingerprint density at radius 3 is 2.45 bits per heavy atom. The standard InChI is InChI=1S/C26H19NO6/c1-16-6-10-19(11-7-16)25-26(24(29)21-14-17(2)8-12-22(21)32-25)33-23(28)13-9-18-4-3-5-20(15-18)27(30)31/h3-15H,1-2H3/b13-9+. The minimum absolute atomic E-state index is 0.0993. The van der Waals surface area contributed by atoms with E-state index in [2.05, 4.69) is 0 Å². The molecule has 0 bridgehead atoms. The van der Waals surface area contributed by atoms with Crippen LogP contribution >= 0.6 is 0 Å². The summed E-state index contributed by atoms with van der Waals surface area (Å²) in [5, 5.41) is 11.2. The number of non-ortho nitro benzene ring substituents is 1. The highest BCUT2D eigenvalue weighted by atomic mass is 16.6. The van der Waals surface area contributed by atoms with Crippen LogP contribution < -0.4 is 10.2 Å². The molecule has 0 atom stereocenters. The lowest BCUT2D eigenvalue weighted by Gasteiger charge is -2.10. The lowest BCUT2D eigenvalue weighted by atomic mass is 10.1. The number of nitro groups is 1. The molecule has 164 valence electrons. The van der Waals surface area contributed by atoms with E-state index in [-0.39, 0.29) is 17.2 Å². The molecule has 0 unspecified atom stereocenters. The maximum Gasteiger partial charge on any atom is 0.336 e. The highest BCUT2D eigenvalue weighted by Crippen LogP contribution is 2.31. The maximum atomic E-state index is 13.2. The molecule has 4 aromatic rings. The second-order valence-electron chi connectivity index (χ2n) is 7.56. The van der Waals surface area contributed by atoms with Gasteiger partial charge in [0.15, 0.2) is 5.76 Å². The molecule has 0 fully saturated rings. The zero-order valence-corrected chi connectivity index (χ0v) is 17.9. The molecule has 0 spiro atoms. The molecule has 0 aliphatic rings. The predicted molar refractivity (Wildman–Crippen MR) is 125 cm³/mol. The number of hydrogen-bond acceptors (Lipinski definition) is 6. The number of carbonyl (C=O) groups excluding carboxylic acids is 1. The van der Waals surface area contributed by atoms with Crippen LogP contribution in [0.5, 0.6) is 5.75 Å². The van der Waals surface area contributed by atoms with E-state index in [0.717, 1.165) is 17.2 Å². The third-order valence-electron chi connectivity index (χ3n) is 5.01. The van der Waals surface area contributed by atoms with Gasteiger partial charge in [0.05, 0.1) is 10.3 Å². The van der Waals surface area contributed by atoms with Crippen LogP contribution in [0, 0.1) is 24.0 Å². The molecule has 0 aliphatic carbocycles. The van der Waals surface area contributed by atoms with E-state index < -0.39 is 16.3 Å². The van der Waals surface area contributed by atoms with Gasteiger partial charge in [-0.2, -0.15) is 0 Å². The van der Waals surface area contributed by atoms with Gasteiger partial charge in [-0.25, -0.2) is 4.79 Å². The first kappa shape index (κ1) is 21.7. The Hall–Kier alpha value is -4.52. The molecule has 0 saturated carbocycles. The van der Waals surface area contributed by atoms with Gasteiger partial charge in [0.1, 0.15) is 5.58 Å². The lowest BCUT2D eigenvalue weighted by molar-refractivity contribution is -0.384. The quantitative estimate of drug-likeness (QED) is 0.173. The number of esters is 1. The lowest BCUT2D eigenvalue weighted by Crippen LogP contribution is -2.14. The third kappa shape index (κ3) is 4.72. The number of aryl methyl sites for hydroxylation is 2. The molecule has 0 saturated heterocycles. The van der Waals surface area contributed by atoms with Crippen molar-refractivity contribution >= 4 is 28.7 Å². The van der Waals surface area contributed by atoms with Crippen molar-refractivity contribution in [1.82, 2.24) is 0 Å². The summed E-state index contributed by atoms with van der Waals surface area (Å²) in [5.41, 5.74) is 2.74. The average Bonchev–Trinajstić information content (AvgIpc) is 2.80. The molecular formula is C26H19NO6. The molecule has 1 aromatic heterocycles. The molecule has 0 N–H and O–H groups in total. The molecular weight excluding hydrogens is 422 g/mol. The fourth-order valence-electron chi connectivity index (χ4n) is 3.32. The Bertz CT molecular complexity index is 1460. The van der Waals surface area contributed by atoms with E-state index in [4.69, 9.17) is 9.15 Å². The van der Waals surface area contributed by atoms with Crippen molar-refractivity contribution in [2.24, 2.45) is 0 Å². The molecule has 33 heavy (non-hydrogen) atoms. The van der Waals surface area contributed by atoms with Crippen molar-refractivity contribution in [3.63, 3.8) is 0 Å². The van der Waals surface area contributed by atoms with Gasteiger partial charge in [0, 0.05) is 23.8 Å². The van der Waals surface area contributed by atoms with Crippen LogP contribution in [0.3, 0.4) is 0 Å². The first-order valence-corrected chi connectivity index (χ1v) is 10.1. The van der Waals surface area contributed by atoms with Gasteiger partial charge in [-0.3, -0.25) is 14.9 Å². The zero-order chi connectivity index (χ0) is 23.5. The van der Waals surface area contributed by atoms with Crippen molar-refractivity contribution < 1.29 is 18.9 Å². The van der Waals surface area contributed by atoms with Crippen LogP contribution in [-0.2, 0) is 4.79 Å². The Kier molecular flexibility index (Phi) is 5.87. The Balaban J connectivity index is 1.74. The molecule has 1 heterocycles. The highest BCUT2D eigenvalue weighted by molar-refractivity contribution is 5.91. The van der Waals surface area contributed by atoms with Gasteiger partial charge in [0.2, 0.25) is 11.2 Å². The van der Waals surface area contributed by atoms with Crippen LogP contribution in [0.15, 0.2) is 82.0 Å². The fraction of sp³-hybridized carbons (Fsp3) is 0.0769. The molecule has 0 radical (unpaired) electrons. The van der Waals surface area contributed by atoms with Gasteiger partial charge in [0.25, 0.3) is 5.69 Å². The smallest absolute Gasteiger partial charge is 0.336 e. The maximum absolute atomic E-state index is 13.2. The number of carbonyl (C=O) groups is 1. The first-order chi connectivity index (χ1) is 15.8. The van der Waals surface area contributed by atoms with Crippen molar-refractivity contribution in [2.75, 3.05) is 0 Å². The average molecular weight is 441 g/mol. The van der Waals surface area contributed by atoms with Crippen LogP contribution in [0.1, 0.15) is 16.7 Å². The molecule has 3 aromatic carbocycles. The molecule has 7 nitrogen and oxygen atoms in total. The predicted octanol–water partition coefficient (Wildman–Crippen LogP) is 5.60. The van der Waals surface area contributed by atoms with Crippen molar-refractivity contribution in [1.29, 1.82) is 0 Å². The first-order valence-electron chi connectivity index (χ1n) is 10.1. The Morgan fingerprint density at radius 1 is 1.00 bits per heavy atom. The Morgan fingerprint density at radius 2 is 1.73 bits per heavy atom. The summed E-state index contributed by atoms with van der Waals surface area (Å²) in [4.78, 5) is 36.2. The van der Waals surface area contributed by atoms with Gasteiger partial charge in [-0.15, -0.1) is 0 Å². The summed E-state index contributed by atoms with van der Waals surface area (Å²) in [6.45, 7) is 3.78. The van der Waals surface area contributed by atoms with Gasteiger partial charge in [-0.1, -0.05) is 53.6 Å². The van der Waals surface area contributed by atoms with E-state index in [9.17, 15) is 19.7 Å². The van der Waals surface area contributed by atoms with E-state index >= 15 is 0 Å². The summed E-state index contributed by atoms with van der Waals surface area (Å²) < 4.78 is 11.4. The van der Waals surface area contributed by atoms with Crippen LogP contribution in [-0.4, -0.2) is 10.9 Å². The van der Waals surface area contributed by atoms with Crippen molar-refractivity contribution in [3.05, 3.63) is 110 Å². The van der Waals surface area contributed by atoms with Gasteiger partial charge < -0.3 is 9.15 Å². The highest BCUT2D eigenvalue weighted by Gasteiger charge is 2.20. The summed E-state index contributed by atoms with van der Waals surface area (Å²) in [6, 6.07) is 18.3.